The molecule has 0 bridgehead atoms. The number of carbonyl (C=O) groups excluding carboxylic acids is 1. The van der Waals surface area contributed by atoms with Crippen LogP contribution in [0.1, 0.15) is 49.8 Å². The topological polar surface area (TPSA) is 54.1 Å². The van der Waals surface area contributed by atoms with Crippen molar-refractivity contribution in [1.29, 1.82) is 0 Å². The summed E-state index contributed by atoms with van der Waals surface area (Å²) in [7, 11) is 1.39. The van der Waals surface area contributed by atoms with Crippen LogP contribution < -0.4 is 5.32 Å². The maximum Gasteiger partial charge on any atom is 0.354 e. The lowest BCUT2D eigenvalue weighted by Crippen LogP contribution is -2.32. The van der Waals surface area contributed by atoms with Gasteiger partial charge in [-0.25, -0.2) is 4.79 Å². The van der Waals surface area contributed by atoms with Crippen LogP contribution in [0.25, 0.3) is 0 Å². The Hall–Kier alpha value is -1.29. The van der Waals surface area contributed by atoms with Crippen LogP contribution >= 0.6 is 0 Å². The van der Waals surface area contributed by atoms with Crippen LogP contribution in [0, 0.1) is 5.92 Å². The van der Waals surface area contributed by atoms with Crippen LogP contribution in [0.2, 0.25) is 0 Å². The van der Waals surface area contributed by atoms with Gasteiger partial charge in [-0.05, 0) is 25.0 Å². The van der Waals surface area contributed by atoms with Crippen molar-refractivity contribution in [1.82, 2.24) is 10.3 Å². The first kappa shape index (κ1) is 14.8. The molecule has 0 aromatic carbocycles. The summed E-state index contributed by atoms with van der Waals surface area (Å²) >= 11 is 0. The highest BCUT2D eigenvalue weighted by Crippen LogP contribution is 2.13. The highest BCUT2D eigenvalue weighted by Gasteiger charge is 2.13. The number of hydrogen-bond donors (Lipinski definition) is 2. The van der Waals surface area contributed by atoms with Crippen LogP contribution in [-0.2, 0) is 11.3 Å². The van der Waals surface area contributed by atoms with Crippen LogP contribution in [0.3, 0.4) is 0 Å². The number of nitrogens with one attached hydrogen (secondary N) is 2. The molecule has 0 spiro atoms. The van der Waals surface area contributed by atoms with Crippen LogP contribution in [0.4, 0.5) is 0 Å². The summed E-state index contributed by atoms with van der Waals surface area (Å²) < 4.78 is 4.66. The predicted octanol–water partition coefficient (Wildman–Crippen LogP) is 2.72. The van der Waals surface area contributed by atoms with Gasteiger partial charge in [0.2, 0.25) is 0 Å². The summed E-state index contributed by atoms with van der Waals surface area (Å²) in [6, 6.07) is 4.15. The molecule has 1 atom stereocenters. The van der Waals surface area contributed by atoms with Gasteiger partial charge in [-0.15, -0.1) is 0 Å². The highest BCUT2D eigenvalue weighted by molar-refractivity contribution is 5.87. The normalized spacial score (nSPS) is 12.7. The molecular formula is C14H24N2O2. The van der Waals surface area contributed by atoms with Gasteiger partial charge >= 0.3 is 5.97 Å². The smallest absolute Gasteiger partial charge is 0.354 e. The molecule has 0 aliphatic heterocycles. The van der Waals surface area contributed by atoms with Crippen molar-refractivity contribution in [2.75, 3.05) is 7.11 Å². The van der Waals surface area contributed by atoms with E-state index in [2.05, 4.69) is 35.8 Å². The summed E-state index contributed by atoms with van der Waals surface area (Å²) in [4.78, 5) is 14.3. The van der Waals surface area contributed by atoms with Gasteiger partial charge in [-0.2, -0.15) is 0 Å². The lowest BCUT2D eigenvalue weighted by molar-refractivity contribution is 0.0594. The van der Waals surface area contributed by atoms with Gasteiger partial charge in [0, 0.05) is 18.3 Å². The molecule has 0 amide bonds. The van der Waals surface area contributed by atoms with Gasteiger partial charge in [0.1, 0.15) is 5.69 Å². The number of esters is 1. The zero-order chi connectivity index (χ0) is 13.5. The number of rotatable bonds is 7. The lowest BCUT2D eigenvalue weighted by Gasteiger charge is -2.22. The Morgan fingerprint density at radius 1 is 1.39 bits per heavy atom. The summed E-state index contributed by atoms with van der Waals surface area (Å²) in [5, 5.41) is 3.49. The van der Waals surface area contributed by atoms with Gasteiger partial charge in [-0.3, -0.25) is 0 Å². The van der Waals surface area contributed by atoms with Crippen LogP contribution in [0.15, 0.2) is 12.1 Å². The van der Waals surface area contributed by atoms with Crippen molar-refractivity contribution in [3.05, 3.63) is 23.5 Å². The molecule has 0 saturated carbocycles. The summed E-state index contributed by atoms with van der Waals surface area (Å²) in [6.07, 6.45) is 2.37. The quantitative estimate of drug-likeness (QED) is 0.734. The minimum absolute atomic E-state index is 0.325. The average molecular weight is 252 g/mol. The van der Waals surface area contributed by atoms with Gasteiger partial charge in [0.05, 0.1) is 7.11 Å². The van der Waals surface area contributed by atoms with E-state index in [1.54, 1.807) is 6.07 Å². The number of carbonyl (C=O) groups is 1. The molecule has 0 radical (unpaired) electrons. The molecule has 0 saturated heterocycles. The summed E-state index contributed by atoms with van der Waals surface area (Å²) in [6.45, 7) is 7.39. The number of H-pyrrole nitrogens is 1. The van der Waals surface area contributed by atoms with Crippen LogP contribution in [-0.4, -0.2) is 24.1 Å². The first-order valence-electron chi connectivity index (χ1n) is 6.61. The van der Waals surface area contributed by atoms with Crippen molar-refractivity contribution in [3.8, 4) is 0 Å². The van der Waals surface area contributed by atoms with E-state index in [1.165, 1.54) is 20.0 Å². The van der Waals surface area contributed by atoms with Gasteiger partial charge in [-0.1, -0.05) is 26.7 Å². The molecular weight excluding hydrogens is 228 g/mol. The molecule has 18 heavy (non-hydrogen) atoms. The zero-order valence-corrected chi connectivity index (χ0v) is 11.7. The Morgan fingerprint density at radius 2 is 2.06 bits per heavy atom. The third kappa shape index (κ3) is 3.88. The molecule has 1 rings (SSSR count). The Morgan fingerprint density at radius 3 is 2.61 bits per heavy atom. The largest absolute Gasteiger partial charge is 0.464 e. The maximum atomic E-state index is 11.3. The second-order valence-corrected chi connectivity index (χ2v) is 4.63. The number of ether oxygens (including phenoxy) is 1. The van der Waals surface area contributed by atoms with Crippen LogP contribution in [0.5, 0.6) is 0 Å². The molecule has 4 nitrogen and oxygen atoms in total. The lowest BCUT2D eigenvalue weighted by atomic mass is 9.95. The third-order valence-electron chi connectivity index (χ3n) is 3.52. The molecule has 1 heterocycles. The molecule has 0 aliphatic rings. The average Bonchev–Trinajstić information content (AvgIpc) is 2.85. The minimum atomic E-state index is -0.325. The van der Waals surface area contributed by atoms with Gasteiger partial charge in [0.25, 0.3) is 0 Å². The Bertz CT molecular complexity index is 370. The highest BCUT2D eigenvalue weighted by atomic mass is 16.5. The van der Waals surface area contributed by atoms with E-state index >= 15 is 0 Å². The van der Waals surface area contributed by atoms with E-state index in [9.17, 15) is 4.79 Å². The van der Waals surface area contributed by atoms with E-state index in [0.29, 0.717) is 17.7 Å². The number of methoxy groups -OCH3 is 1. The van der Waals surface area contributed by atoms with E-state index in [4.69, 9.17) is 0 Å². The van der Waals surface area contributed by atoms with E-state index in [0.717, 1.165) is 12.2 Å². The fourth-order valence-corrected chi connectivity index (χ4v) is 2.21. The van der Waals surface area contributed by atoms with Crippen molar-refractivity contribution >= 4 is 5.97 Å². The first-order chi connectivity index (χ1) is 8.62. The molecule has 0 aliphatic carbocycles. The number of hydrogen-bond acceptors (Lipinski definition) is 3. The molecule has 1 aromatic rings. The predicted molar refractivity (Wildman–Crippen MR) is 72.5 cm³/mol. The zero-order valence-electron chi connectivity index (χ0n) is 11.7. The van der Waals surface area contributed by atoms with Crippen molar-refractivity contribution in [2.45, 2.75) is 46.2 Å². The van der Waals surface area contributed by atoms with E-state index in [1.807, 2.05) is 6.07 Å². The van der Waals surface area contributed by atoms with Gasteiger partial charge < -0.3 is 15.0 Å². The second kappa shape index (κ2) is 7.21. The molecule has 0 fully saturated rings. The Balaban J connectivity index is 2.48. The van der Waals surface area contributed by atoms with Crippen molar-refractivity contribution < 1.29 is 9.53 Å². The molecule has 102 valence electrons. The maximum absolute atomic E-state index is 11.3. The fraction of sp³-hybridized carbons (Fsp3) is 0.643. The van der Waals surface area contributed by atoms with E-state index < -0.39 is 0 Å². The summed E-state index contributed by atoms with van der Waals surface area (Å²) in [5.74, 6) is 0.370. The summed E-state index contributed by atoms with van der Waals surface area (Å²) in [5.41, 5.74) is 1.51. The second-order valence-electron chi connectivity index (χ2n) is 4.63. The molecule has 2 N–H and O–H groups in total. The monoisotopic (exact) mass is 252 g/mol. The third-order valence-corrected chi connectivity index (χ3v) is 3.52. The molecule has 1 aromatic heterocycles. The first-order valence-corrected chi connectivity index (χ1v) is 6.61. The SMILES string of the molecule is CCC(CC)C(C)NCc1ccc(C(=O)OC)[nH]1. The molecule has 4 heteroatoms. The number of aromatic nitrogens is 1. The fourth-order valence-electron chi connectivity index (χ4n) is 2.21. The van der Waals surface area contributed by atoms with Gasteiger partial charge in [0.15, 0.2) is 0 Å². The van der Waals surface area contributed by atoms with Crippen molar-refractivity contribution in [3.63, 3.8) is 0 Å². The Labute approximate surface area is 109 Å². The standard InChI is InChI=1S/C14H24N2O2/c1-5-11(6-2)10(3)15-9-12-7-8-13(16-12)14(17)18-4/h7-8,10-11,15-16H,5-6,9H2,1-4H3. The Kier molecular flexibility index (Phi) is 5.92. The van der Waals surface area contributed by atoms with E-state index in [-0.39, 0.29) is 5.97 Å². The molecule has 1 unspecified atom stereocenters. The van der Waals surface area contributed by atoms with Crippen molar-refractivity contribution in [2.24, 2.45) is 5.92 Å². The number of aromatic amines is 1. The minimum Gasteiger partial charge on any atom is -0.464 e.